The number of carbonyl (C=O) groups excluding carboxylic acids is 1. The van der Waals surface area contributed by atoms with Crippen LogP contribution >= 0.6 is 0 Å². The van der Waals surface area contributed by atoms with Gasteiger partial charge in [-0.2, -0.15) is 4.98 Å². The Morgan fingerprint density at radius 2 is 1.90 bits per heavy atom. The smallest absolute Gasteiger partial charge is 0.290 e. The van der Waals surface area contributed by atoms with E-state index in [0.717, 1.165) is 69.9 Å². The maximum absolute atomic E-state index is 13.1. The fourth-order valence-corrected chi connectivity index (χ4v) is 4.64. The highest BCUT2D eigenvalue weighted by molar-refractivity contribution is 5.92. The van der Waals surface area contributed by atoms with Crippen molar-refractivity contribution in [3.05, 3.63) is 29.2 Å². The lowest BCUT2D eigenvalue weighted by atomic mass is 9.89. The van der Waals surface area contributed by atoms with Crippen molar-refractivity contribution >= 4 is 5.91 Å². The van der Waals surface area contributed by atoms with E-state index < -0.39 is 5.54 Å². The third-order valence-corrected chi connectivity index (χ3v) is 6.54. The average Bonchev–Trinajstić information content (AvgIpc) is 3.50. The molecule has 2 aliphatic rings. The number of aromatic nitrogens is 3. The van der Waals surface area contributed by atoms with E-state index in [0.29, 0.717) is 24.2 Å². The summed E-state index contributed by atoms with van der Waals surface area (Å²) in [6, 6.07) is 1.77. The zero-order chi connectivity index (χ0) is 21.0. The number of nitrogens with one attached hydrogen (secondary N) is 1. The van der Waals surface area contributed by atoms with E-state index in [4.69, 9.17) is 13.8 Å². The van der Waals surface area contributed by atoms with Crippen LogP contribution in [0.1, 0.15) is 118 Å². The average molecular weight is 417 g/mol. The van der Waals surface area contributed by atoms with Crippen LogP contribution in [-0.4, -0.2) is 27.8 Å². The first-order valence-electron chi connectivity index (χ1n) is 11.4. The zero-order valence-corrected chi connectivity index (χ0v) is 18.0. The van der Waals surface area contributed by atoms with E-state index in [1.54, 1.807) is 6.07 Å². The number of hydrogen-bond acceptors (Lipinski definition) is 7. The summed E-state index contributed by atoms with van der Waals surface area (Å²) >= 11 is 0. The predicted molar refractivity (Wildman–Crippen MR) is 109 cm³/mol. The highest BCUT2D eigenvalue weighted by atomic mass is 16.5. The van der Waals surface area contributed by atoms with Crippen LogP contribution in [0.5, 0.6) is 0 Å². The summed E-state index contributed by atoms with van der Waals surface area (Å²) in [5, 5.41) is 11.6. The number of carbonyl (C=O) groups is 1. The van der Waals surface area contributed by atoms with Gasteiger partial charge in [-0.25, -0.2) is 0 Å². The van der Waals surface area contributed by atoms with Crippen molar-refractivity contribution in [1.82, 2.24) is 20.6 Å². The minimum Gasteiger partial charge on any atom is -0.368 e. The molecule has 1 N–H and O–H groups in total. The zero-order valence-electron chi connectivity index (χ0n) is 18.0. The first-order valence-corrected chi connectivity index (χ1v) is 11.4. The second-order valence-corrected chi connectivity index (χ2v) is 8.54. The summed E-state index contributed by atoms with van der Waals surface area (Å²) in [4.78, 5) is 17.8. The first kappa shape index (κ1) is 21.0. The number of rotatable bonds is 7. The van der Waals surface area contributed by atoms with Crippen LogP contribution in [0.15, 0.2) is 15.1 Å². The molecule has 0 spiro atoms. The molecular formula is C22H32N4O4. The Morgan fingerprint density at radius 1 is 1.13 bits per heavy atom. The molecule has 1 atom stereocenters. The number of ether oxygens (including phenoxy) is 1. The van der Waals surface area contributed by atoms with Gasteiger partial charge in [0.1, 0.15) is 11.6 Å². The molecule has 8 heteroatoms. The molecule has 0 aromatic carbocycles. The molecule has 1 aliphatic heterocycles. The van der Waals surface area contributed by atoms with E-state index in [1.165, 1.54) is 0 Å². The molecule has 1 saturated heterocycles. The van der Waals surface area contributed by atoms with Crippen molar-refractivity contribution in [1.29, 1.82) is 0 Å². The Bertz CT molecular complexity index is 828. The van der Waals surface area contributed by atoms with Crippen LogP contribution in [0.25, 0.3) is 0 Å². The molecule has 4 rings (SSSR count). The molecule has 0 radical (unpaired) electrons. The largest absolute Gasteiger partial charge is 0.368 e. The summed E-state index contributed by atoms with van der Waals surface area (Å²) in [6.07, 6.45) is 9.48. The second kappa shape index (κ2) is 9.29. The Hall–Kier alpha value is -2.22. The van der Waals surface area contributed by atoms with Crippen LogP contribution in [0.2, 0.25) is 0 Å². The van der Waals surface area contributed by atoms with Gasteiger partial charge in [-0.3, -0.25) is 4.79 Å². The molecule has 2 aromatic heterocycles. The fourth-order valence-electron chi connectivity index (χ4n) is 4.64. The maximum atomic E-state index is 13.1. The molecule has 3 heterocycles. The molecule has 0 unspecified atom stereocenters. The van der Waals surface area contributed by atoms with E-state index in [1.807, 2.05) is 0 Å². The van der Waals surface area contributed by atoms with Crippen LogP contribution in [0, 0.1) is 0 Å². The molecule has 1 aliphatic carbocycles. The third kappa shape index (κ3) is 4.29. The third-order valence-electron chi connectivity index (χ3n) is 6.54. The van der Waals surface area contributed by atoms with Crippen molar-refractivity contribution in [3.8, 4) is 0 Å². The molecular weight excluding hydrogens is 384 g/mol. The van der Waals surface area contributed by atoms with Gasteiger partial charge in [-0.1, -0.05) is 49.8 Å². The molecule has 1 amide bonds. The molecule has 164 valence electrons. The predicted octanol–water partition coefficient (Wildman–Crippen LogP) is 4.79. The summed E-state index contributed by atoms with van der Waals surface area (Å²) in [6.45, 7) is 4.95. The van der Waals surface area contributed by atoms with Crippen molar-refractivity contribution in [2.24, 2.45) is 0 Å². The first-order chi connectivity index (χ1) is 14.6. The van der Waals surface area contributed by atoms with Crippen LogP contribution in [0.4, 0.5) is 0 Å². The summed E-state index contributed by atoms with van der Waals surface area (Å²) < 4.78 is 16.6. The fraction of sp³-hybridized carbons (Fsp3) is 0.727. The van der Waals surface area contributed by atoms with Gasteiger partial charge in [-0.05, 0) is 38.5 Å². The quantitative estimate of drug-likeness (QED) is 0.647. The Morgan fingerprint density at radius 3 is 2.57 bits per heavy atom. The lowest BCUT2D eigenvalue weighted by molar-refractivity contribution is 0.0828. The molecule has 0 bridgehead atoms. The molecule has 8 nitrogen and oxygen atoms in total. The Kier molecular flexibility index (Phi) is 6.51. The Balaban J connectivity index is 1.57. The normalized spacial score (nSPS) is 21.6. The van der Waals surface area contributed by atoms with Gasteiger partial charge in [0.2, 0.25) is 5.76 Å². The van der Waals surface area contributed by atoms with Gasteiger partial charge in [0.25, 0.3) is 11.8 Å². The molecule has 1 saturated carbocycles. The summed E-state index contributed by atoms with van der Waals surface area (Å²) in [7, 11) is 0. The molecule has 2 aromatic rings. The van der Waals surface area contributed by atoms with Crippen molar-refractivity contribution in [2.45, 2.75) is 95.6 Å². The minimum atomic E-state index is -0.657. The highest BCUT2D eigenvalue weighted by Gasteiger charge is 2.40. The van der Waals surface area contributed by atoms with Crippen LogP contribution in [-0.2, 0) is 10.3 Å². The van der Waals surface area contributed by atoms with Crippen molar-refractivity contribution in [2.75, 3.05) is 6.61 Å². The van der Waals surface area contributed by atoms with E-state index in [-0.39, 0.29) is 17.8 Å². The van der Waals surface area contributed by atoms with Gasteiger partial charge < -0.3 is 19.1 Å². The summed E-state index contributed by atoms with van der Waals surface area (Å²) in [5.74, 6) is 1.32. The lowest BCUT2D eigenvalue weighted by Gasteiger charge is -2.30. The van der Waals surface area contributed by atoms with Gasteiger partial charge in [0.15, 0.2) is 5.82 Å². The highest BCUT2D eigenvalue weighted by Crippen LogP contribution is 2.37. The minimum absolute atomic E-state index is 0.137. The van der Waals surface area contributed by atoms with Gasteiger partial charge >= 0.3 is 0 Å². The topological polar surface area (TPSA) is 103 Å². The SMILES string of the molecule is CCC(CC)c1cc(C(=O)NC2(c3noc([C@@H]4CCCO4)n3)CCCCCC2)on1. The molecule has 30 heavy (non-hydrogen) atoms. The van der Waals surface area contributed by atoms with Crippen molar-refractivity contribution < 1.29 is 18.6 Å². The van der Waals surface area contributed by atoms with E-state index >= 15 is 0 Å². The lowest BCUT2D eigenvalue weighted by Crippen LogP contribution is -2.46. The monoisotopic (exact) mass is 416 g/mol. The van der Waals surface area contributed by atoms with Crippen molar-refractivity contribution in [3.63, 3.8) is 0 Å². The maximum Gasteiger partial charge on any atom is 0.290 e. The van der Waals surface area contributed by atoms with Crippen LogP contribution < -0.4 is 5.32 Å². The summed E-state index contributed by atoms with van der Waals surface area (Å²) in [5.41, 5.74) is 0.177. The number of hydrogen-bond donors (Lipinski definition) is 1. The number of amides is 1. The molecule has 2 fully saturated rings. The Labute approximate surface area is 177 Å². The van der Waals surface area contributed by atoms with Crippen LogP contribution in [0.3, 0.4) is 0 Å². The van der Waals surface area contributed by atoms with E-state index in [9.17, 15) is 4.79 Å². The number of nitrogens with zero attached hydrogens (tertiary/aromatic N) is 3. The van der Waals surface area contributed by atoms with Gasteiger partial charge in [0.05, 0.1) is 5.69 Å². The van der Waals surface area contributed by atoms with E-state index in [2.05, 4.69) is 34.5 Å². The standard InChI is InChI=1S/C22H32N4O4/c1-3-15(4-2)16-14-18(29-25-16)19(27)24-22(11-7-5-6-8-12-22)21-23-20(30-26-21)17-10-9-13-28-17/h14-15,17H,3-13H2,1-2H3,(H,24,27)/t17-/m0/s1. The second-order valence-electron chi connectivity index (χ2n) is 8.54. The van der Waals surface area contributed by atoms with Gasteiger partial charge in [-0.15, -0.1) is 0 Å². The van der Waals surface area contributed by atoms with Gasteiger partial charge in [0, 0.05) is 18.6 Å².